The third kappa shape index (κ3) is 3.95. The summed E-state index contributed by atoms with van der Waals surface area (Å²) in [4.78, 5) is 20.9. The lowest BCUT2D eigenvalue weighted by Gasteiger charge is -2.26. The number of nitrogens with one attached hydrogen (secondary N) is 1. The average molecular weight is 445 g/mol. The topological polar surface area (TPSA) is 80.0 Å². The predicted molar refractivity (Wildman–Crippen MR) is 126 cm³/mol. The van der Waals surface area contributed by atoms with Gasteiger partial charge in [0.15, 0.2) is 0 Å². The van der Waals surface area contributed by atoms with Crippen molar-refractivity contribution in [1.82, 2.24) is 14.5 Å². The number of nitrogens with zero attached hydrogens (tertiary/aromatic N) is 3. The smallest absolute Gasteiger partial charge is 0.326 e. The zero-order valence-corrected chi connectivity index (χ0v) is 18.3. The minimum Gasteiger partial charge on any atom is -0.480 e. The highest BCUT2D eigenvalue weighted by atomic mass is 19.1. The largest absolute Gasteiger partial charge is 0.480 e. The molecule has 7 heteroatoms. The van der Waals surface area contributed by atoms with Gasteiger partial charge in [0.25, 0.3) is 0 Å². The van der Waals surface area contributed by atoms with Crippen LogP contribution in [0.3, 0.4) is 0 Å². The number of anilines is 1. The summed E-state index contributed by atoms with van der Waals surface area (Å²) < 4.78 is 16.0. The van der Waals surface area contributed by atoms with E-state index >= 15 is 0 Å². The molecule has 0 fully saturated rings. The lowest BCUT2D eigenvalue weighted by molar-refractivity contribution is -0.140. The predicted octanol–water partition coefficient (Wildman–Crippen LogP) is 5.24. The first-order valence-electron chi connectivity index (χ1n) is 11.2. The minimum atomic E-state index is -0.867. The molecular formula is C26H25FN4O2. The molecule has 0 bridgehead atoms. The molecule has 1 unspecified atom stereocenters. The molecule has 2 atom stereocenters. The maximum absolute atomic E-state index is 14.1. The summed E-state index contributed by atoms with van der Waals surface area (Å²) in [6.07, 6.45) is 6.24. The van der Waals surface area contributed by atoms with Crippen molar-refractivity contribution in [2.75, 3.05) is 5.32 Å². The van der Waals surface area contributed by atoms with Crippen LogP contribution in [-0.2, 0) is 17.6 Å². The summed E-state index contributed by atoms with van der Waals surface area (Å²) >= 11 is 0. The van der Waals surface area contributed by atoms with Gasteiger partial charge in [0.1, 0.15) is 11.9 Å². The van der Waals surface area contributed by atoms with Gasteiger partial charge in [0.2, 0.25) is 5.95 Å². The zero-order chi connectivity index (χ0) is 22.9. The van der Waals surface area contributed by atoms with Gasteiger partial charge in [-0.2, -0.15) is 0 Å². The van der Waals surface area contributed by atoms with Crippen LogP contribution in [0.2, 0.25) is 0 Å². The number of aliphatic carboxylic acids is 1. The van der Waals surface area contributed by atoms with Crippen molar-refractivity contribution in [2.24, 2.45) is 0 Å². The highest BCUT2D eigenvalue weighted by Crippen LogP contribution is 2.36. The van der Waals surface area contributed by atoms with Crippen molar-refractivity contribution < 1.29 is 14.3 Å². The molecule has 1 aliphatic carbocycles. The monoisotopic (exact) mass is 444 g/mol. The molecule has 2 heterocycles. The molecule has 33 heavy (non-hydrogen) atoms. The number of hydrogen-bond donors (Lipinski definition) is 2. The normalized spacial score (nSPS) is 16.4. The first-order chi connectivity index (χ1) is 16.0. The number of rotatable bonds is 6. The Labute approximate surface area is 191 Å². The molecule has 0 amide bonds. The molecule has 1 aliphatic rings. The van der Waals surface area contributed by atoms with E-state index in [0.717, 1.165) is 39.7 Å². The van der Waals surface area contributed by atoms with E-state index in [9.17, 15) is 14.3 Å². The Bertz CT molecular complexity index is 1300. The van der Waals surface area contributed by atoms with E-state index in [2.05, 4.69) is 15.3 Å². The van der Waals surface area contributed by atoms with Gasteiger partial charge in [-0.25, -0.2) is 19.2 Å². The summed E-state index contributed by atoms with van der Waals surface area (Å²) in [6, 6.07) is 14.0. The molecule has 2 aromatic carbocycles. The Morgan fingerprint density at radius 3 is 2.64 bits per heavy atom. The van der Waals surface area contributed by atoms with Gasteiger partial charge < -0.3 is 15.0 Å². The zero-order valence-electron chi connectivity index (χ0n) is 18.3. The van der Waals surface area contributed by atoms with Crippen LogP contribution in [0.5, 0.6) is 0 Å². The molecule has 6 nitrogen and oxygen atoms in total. The van der Waals surface area contributed by atoms with Crippen molar-refractivity contribution in [1.29, 1.82) is 0 Å². The average Bonchev–Trinajstić information content (AvgIpc) is 3.13. The second-order valence-electron chi connectivity index (χ2n) is 8.46. The number of halogens is 1. The van der Waals surface area contributed by atoms with Gasteiger partial charge in [-0.1, -0.05) is 37.3 Å². The Balaban J connectivity index is 1.43. The van der Waals surface area contributed by atoms with Crippen molar-refractivity contribution in [3.05, 3.63) is 78.0 Å². The maximum atomic E-state index is 14.1. The van der Waals surface area contributed by atoms with E-state index in [-0.39, 0.29) is 11.9 Å². The van der Waals surface area contributed by atoms with Crippen molar-refractivity contribution in [3.63, 3.8) is 0 Å². The van der Waals surface area contributed by atoms with E-state index in [1.165, 1.54) is 12.1 Å². The third-order valence-electron chi connectivity index (χ3n) is 6.44. The van der Waals surface area contributed by atoms with Gasteiger partial charge in [-0.05, 0) is 55.0 Å². The lowest BCUT2D eigenvalue weighted by Crippen LogP contribution is -2.30. The molecule has 0 saturated heterocycles. The molecular weight excluding hydrogens is 419 g/mol. The minimum absolute atomic E-state index is 0.0762. The number of benzene rings is 2. The molecule has 0 radical (unpaired) electrons. The third-order valence-corrected chi connectivity index (χ3v) is 6.44. The molecule has 0 spiro atoms. The molecule has 2 aromatic heterocycles. The summed E-state index contributed by atoms with van der Waals surface area (Å²) in [5.74, 6) is -0.635. The van der Waals surface area contributed by atoms with E-state index in [1.807, 2.05) is 41.8 Å². The van der Waals surface area contributed by atoms with Crippen LogP contribution >= 0.6 is 0 Å². The van der Waals surface area contributed by atoms with Crippen LogP contribution in [0.4, 0.5) is 10.3 Å². The van der Waals surface area contributed by atoms with Crippen LogP contribution in [0, 0.1) is 5.82 Å². The fourth-order valence-electron chi connectivity index (χ4n) is 4.88. The Hall–Kier alpha value is -3.74. The first-order valence-corrected chi connectivity index (χ1v) is 11.2. The SMILES string of the molecule is CCC(C(=O)O)n1c2c(c3cc(F)ccc31)C[C@@H](Nc1ncc(-c3ccccc3)cn1)CC2. The summed E-state index contributed by atoms with van der Waals surface area (Å²) in [6.45, 7) is 1.87. The number of carboxylic acids is 1. The number of carboxylic acid groups (broad SMARTS) is 1. The fourth-order valence-corrected chi connectivity index (χ4v) is 4.88. The summed E-state index contributed by atoms with van der Waals surface area (Å²) in [5.41, 5.74) is 4.78. The van der Waals surface area contributed by atoms with E-state index in [0.29, 0.717) is 25.2 Å². The molecule has 5 rings (SSSR count). The fraction of sp³-hybridized carbons (Fsp3) is 0.269. The van der Waals surface area contributed by atoms with Crippen molar-refractivity contribution in [3.8, 4) is 11.1 Å². The standard InChI is InChI=1S/C26H25FN4O2/c1-2-22(25(32)33)31-23-10-8-18(27)12-20(23)21-13-19(9-11-24(21)31)30-26-28-14-17(15-29-26)16-6-4-3-5-7-16/h3-8,10,12,14-15,19,22H,2,9,11,13H2,1H3,(H,32,33)(H,28,29,30)/t19-,22?/m0/s1. The molecule has 4 aromatic rings. The van der Waals surface area contributed by atoms with Gasteiger partial charge in [-0.15, -0.1) is 0 Å². The number of aromatic nitrogens is 3. The van der Waals surface area contributed by atoms with Gasteiger partial charge in [-0.3, -0.25) is 0 Å². The van der Waals surface area contributed by atoms with Crippen LogP contribution < -0.4 is 5.32 Å². The molecule has 2 N–H and O–H groups in total. The van der Waals surface area contributed by atoms with E-state index in [1.54, 1.807) is 18.5 Å². The first kappa shape index (κ1) is 21.1. The van der Waals surface area contributed by atoms with Crippen LogP contribution in [0.25, 0.3) is 22.0 Å². The summed E-state index contributed by atoms with van der Waals surface area (Å²) in [5, 5.41) is 14.0. The Morgan fingerprint density at radius 2 is 1.94 bits per heavy atom. The van der Waals surface area contributed by atoms with Crippen LogP contribution in [0.15, 0.2) is 60.9 Å². The van der Waals surface area contributed by atoms with Gasteiger partial charge >= 0.3 is 5.97 Å². The van der Waals surface area contributed by atoms with Crippen molar-refractivity contribution in [2.45, 2.75) is 44.7 Å². The molecule has 0 aliphatic heterocycles. The highest BCUT2D eigenvalue weighted by molar-refractivity contribution is 5.88. The quantitative estimate of drug-likeness (QED) is 0.425. The van der Waals surface area contributed by atoms with Gasteiger partial charge in [0, 0.05) is 40.6 Å². The molecule has 168 valence electrons. The summed E-state index contributed by atoms with van der Waals surface area (Å²) in [7, 11) is 0. The van der Waals surface area contributed by atoms with E-state index < -0.39 is 12.0 Å². The van der Waals surface area contributed by atoms with Crippen LogP contribution in [-0.4, -0.2) is 31.7 Å². The Morgan fingerprint density at radius 1 is 1.18 bits per heavy atom. The number of hydrogen-bond acceptors (Lipinski definition) is 4. The number of fused-ring (bicyclic) bond motifs is 3. The van der Waals surface area contributed by atoms with Crippen LogP contribution in [0.1, 0.15) is 37.1 Å². The second-order valence-corrected chi connectivity index (χ2v) is 8.46. The maximum Gasteiger partial charge on any atom is 0.326 e. The molecule has 0 saturated carbocycles. The lowest BCUT2D eigenvalue weighted by atomic mass is 9.91. The van der Waals surface area contributed by atoms with E-state index in [4.69, 9.17) is 0 Å². The van der Waals surface area contributed by atoms with Crippen molar-refractivity contribution >= 4 is 22.8 Å². The number of carbonyl (C=O) groups is 1. The Kier molecular flexibility index (Phi) is 5.54. The second kappa shape index (κ2) is 8.65. The highest BCUT2D eigenvalue weighted by Gasteiger charge is 2.30. The van der Waals surface area contributed by atoms with Gasteiger partial charge in [0.05, 0.1) is 0 Å².